The van der Waals surface area contributed by atoms with Gasteiger partial charge in [0.25, 0.3) is 10.1 Å². The second kappa shape index (κ2) is 7.20. The van der Waals surface area contributed by atoms with Gasteiger partial charge in [0.1, 0.15) is 5.75 Å². The van der Waals surface area contributed by atoms with E-state index in [-0.39, 0.29) is 12.4 Å². The molecule has 7 heteroatoms. The normalized spacial score (nSPS) is 11.1. The van der Waals surface area contributed by atoms with Crippen molar-refractivity contribution in [3.8, 4) is 17.2 Å². The van der Waals surface area contributed by atoms with E-state index in [9.17, 15) is 8.42 Å². The van der Waals surface area contributed by atoms with Crippen LogP contribution in [0.3, 0.4) is 0 Å². The van der Waals surface area contributed by atoms with E-state index in [1.54, 1.807) is 25.3 Å². The minimum atomic E-state index is -3.42. The van der Waals surface area contributed by atoms with Crippen molar-refractivity contribution in [2.24, 2.45) is 0 Å². The highest BCUT2D eigenvalue weighted by molar-refractivity contribution is 7.86. The minimum absolute atomic E-state index is 0.0726. The molecular weight excluding hydrogens is 272 g/mol. The van der Waals surface area contributed by atoms with Gasteiger partial charge in [-0.3, -0.25) is 4.18 Å². The van der Waals surface area contributed by atoms with E-state index in [1.807, 2.05) is 0 Å². The Bertz CT molecular complexity index is 497. The van der Waals surface area contributed by atoms with Crippen LogP contribution in [0.1, 0.15) is 6.42 Å². The molecule has 0 atom stereocenters. The lowest BCUT2D eigenvalue weighted by molar-refractivity contribution is 0.308. The standard InChI is InChI=1S/C12H18O6S/c1-15-11-6-5-10(9-12(11)16-2)18-7-4-8-19(13,14)17-3/h5-6,9H,4,7-8H2,1-3H3. The first-order valence-electron chi connectivity index (χ1n) is 5.65. The lowest BCUT2D eigenvalue weighted by atomic mass is 10.3. The van der Waals surface area contributed by atoms with Crippen LogP contribution in [0.2, 0.25) is 0 Å². The fraction of sp³-hybridized carbons (Fsp3) is 0.500. The first kappa shape index (κ1) is 15.6. The van der Waals surface area contributed by atoms with Crippen LogP contribution in [0, 0.1) is 0 Å². The van der Waals surface area contributed by atoms with E-state index in [4.69, 9.17) is 14.2 Å². The Morgan fingerprint density at radius 2 is 1.74 bits per heavy atom. The monoisotopic (exact) mass is 290 g/mol. The zero-order chi connectivity index (χ0) is 14.3. The van der Waals surface area contributed by atoms with Gasteiger partial charge < -0.3 is 14.2 Å². The summed E-state index contributed by atoms with van der Waals surface area (Å²) in [6, 6.07) is 5.13. The molecule has 0 aliphatic carbocycles. The molecule has 0 saturated heterocycles. The van der Waals surface area contributed by atoms with Crippen LogP contribution in [0.4, 0.5) is 0 Å². The maximum Gasteiger partial charge on any atom is 0.267 e. The van der Waals surface area contributed by atoms with Crippen molar-refractivity contribution in [3.63, 3.8) is 0 Å². The van der Waals surface area contributed by atoms with E-state index < -0.39 is 10.1 Å². The number of methoxy groups -OCH3 is 2. The first-order chi connectivity index (χ1) is 9.02. The van der Waals surface area contributed by atoms with Crippen LogP contribution in [0.25, 0.3) is 0 Å². The SMILES string of the molecule is COc1ccc(OCCCS(=O)(=O)OC)cc1OC. The smallest absolute Gasteiger partial charge is 0.267 e. The van der Waals surface area contributed by atoms with Gasteiger partial charge in [0.2, 0.25) is 0 Å². The van der Waals surface area contributed by atoms with Crippen LogP contribution in [-0.4, -0.2) is 42.1 Å². The minimum Gasteiger partial charge on any atom is -0.493 e. The van der Waals surface area contributed by atoms with E-state index in [2.05, 4.69) is 4.18 Å². The fourth-order valence-electron chi connectivity index (χ4n) is 1.42. The molecule has 1 rings (SSSR count). The summed E-state index contributed by atoms with van der Waals surface area (Å²) < 4.78 is 42.2. The van der Waals surface area contributed by atoms with E-state index >= 15 is 0 Å². The van der Waals surface area contributed by atoms with Gasteiger partial charge in [-0.15, -0.1) is 0 Å². The third-order valence-corrected chi connectivity index (χ3v) is 3.71. The maximum atomic E-state index is 11.1. The third-order valence-electron chi connectivity index (χ3n) is 2.42. The van der Waals surface area contributed by atoms with Crippen molar-refractivity contribution in [1.82, 2.24) is 0 Å². The molecule has 1 aromatic carbocycles. The van der Waals surface area contributed by atoms with Gasteiger partial charge in [-0.25, -0.2) is 0 Å². The second-order valence-electron chi connectivity index (χ2n) is 3.65. The molecule has 0 amide bonds. The fourth-order valence-corrected chi connectivity index (χ4v) is 2.05. The second-order valence-corrected chi connectivity index (χ2v) is 5.50. The largest absolute Gasteiger partial charge is 0.493 e. The van der Waals surface area contributed by atoms with Crippen LogP contribution >= 0.6 is 0 Å². The molecule has 0 fully saturated rings. The lowest BCUT2D eigenvalue weighted by Crippen LogP contribution is -2.11. The Labute approximate surface area is 113 Å². The molecule has 0 unspecified atom stereocenters. The van der Waals surface area contributed by atoms with Gasteiger partial charge >= 0.3 is 0 Å². The predicted octanol–water partition coefficient (Wildman–Crippen LogP) is 1.45. The lowest BCUT2D eigenvalue weighted by Gasteiger charge is -2.10. The molecule has 0 aliphatic rings. The van der Waals surface area contributed by atoms with E-state index in [0.29, 0.717) is 23.7 Å². The average molecular weight is 290 g/mol. The van der Waals surface area contributed by atoms with Crippen molar-refractivity contribution in [2.75, 3.05) is 33.7 Å². The molecule has 0 radical (unpaired) electrons. The molecule has 0 bridgehead atoms. The first-order valence-corrected chi connectivity index (χ1v) is 7.23. The van der Waals surface area contributed by atoms with Gasteiger partial charge in [0.05, 0.1) is 33.7 Å². The molecule has 0 heterocycles. The maximum absolute atomic E-state index is 11.1. The Hall–Kier alpha value is -1.47. The molecule has 0 aromatic heterocycles. The summed E-state index contributed by atoms with van der Waals surface area (Å²) in [5, 5.41) is 0. The quantitative estimate of drug-likeness (QED) is 0.533. The molecule has 6 nitrogen and oxygen atoms in total. The summed E-state index contributed by atoms with van der Waals surface area (Å²) in [5.41, 5.74) is 0. The van der Waals surface area contributed by atoms with Gasteiger partial charge in [0, 0.05) is 6.07 Å². The molecular formula is C12H18O6S. The zero-order valence-electron chi connectivity index (χ0n) is 11.2. The Kier molecular flexibility index (Phi) is 5.91. The van der Waals surface area contributed by atoms with Gasteiger partial charge in [0.15, 0.2) is 11.5 Å². The Morgan fingerprint density at radius 3 is 2.32 bits per heavy atom. The number of hydrogen-bond donors (Lipinski definition) is 0. The predicted molar refractivity (Wildman–Crippen MR) is 70.5 cm³/mol. The van der Waals surface area contributed by atoms with Crippen LogP contribution < -0.4 is 14.2 Å². The molecule has 0 saturated carbocycles. The van der Waals surface area contributed by atoms with Crippen LogP contribution in [0.5, 0.6) is 17.2 Å². The molecule has 108 valence electrons. The van der Waals surface area contributed by atoms with E-state index in [0.717, 1.165) is 7.11 Å². The Morgan fingerprint density at radius 1 is 1.05 bits per heavy atom. The summed E-state index contributed by atoms with van der Waals surface area (Å²) in [4.78, 5) is 0. The van der Waals surface area contributed by atoms with Crippen molar-refractivity contribution in [3.05, 3.63) is 18.2 Å². The number of benzene rings is 1. The number of hydrogen-bond acceptors (Lipinski definition) is 6. The van der Waals surface area contributed by atoms with Crippen LogP contribution in [0.15, 0.2) is 18.2 Å². The van der Waals surface area contributed by atoms with Crippen molar-refractivity contribution < 1.29 is 26.8 Å². The molecule has 0 aliphatic heterocycles. The zero-order valence-corrected chi connectivity index (χ0v) is 12.0. The summed E-state index contributed by atoms with van der Waals surface area (Å²) in [5.74, 6) is 1.69. The average Bonchev–Trinajstić information content (AvgIpc) is 2.43. The third kappa shape index (κ3) is 4.96. The summed E-state index contributed by atoms with van der Waals surface area (Å²) in [7, 11) is 0.805. The van der Waals surface area contributed by atoms with Crippen molar-refractivity contribution in [1.29, 1.82) is 0 Å². The van der Waals surface area contributed by atoms with E-state index in [1.165, 1.54) is 7.11 Å². The van der Waals surface area contributed by atoms with Crippen molar-refractivity contribution in [2.45, 2.75) is 6.42 Å². The number of rotatable bonds is 8. The number of ether oxygens (including phenoxy) is 3. The summed E-state index contributed by atoms with van der Waals surface area (Å²) >= 11 is 0. The van der Waals surface area contributed by atoms with Gasteiger partial charge in [-0.05, 0) is 18.6 Å². The van der Waals surface area contributed by atoms with Crippen molar-refractivity contribution >= 4 is 10.1 Å². The Balaban J connectivity index is 2.50. The molecule has 19 heavy (non-hydrogen) atoms. The topological polar surface area (TPSA) is 71.1 Å². The molecule has 0 spiro atoms. The highest BCUT2D eigenvalue weighted by Gasteiger charge is 2.09. The van der Waals surface area contributed by atoms with Crippen LogP contribution in [-0.2, 0) is 14.3 Å². The highest BCUT2D eigenvalue weighted by Crippen LogP contribution is 2.30. The van der Waals surface area contributed by atoms with Gasteiger partial charge in [-0.2, -0.15) is 8.42 Å². The highest BCUT2D eigenvalue weighted by atomic mass is 32.2. The summed E-state index contributed by atoms with van der Waals surface area (Å²) in [6.45, 7) is 0.276. The molecule has 1 aromatic rings. The van der Waals surface area contributed by atoms with Gasteiger partial charge in [-0.1, -0.05) is 0 Å². The molecule has 0 N–H and O–H groups in total. The summed E-state index contributed by atoms with van der Waals surface area (Å²) in [6.07, 6.45) is 0.352.